The summed E-state index contributed by atoms with van der Waals surface area (Å²) >= 11 is 0. The number of carbonyl (C=O) groups excluding carboxylic acids is 3. The molecular weight excluding hydrogens is 459 g/mol. The molecule has 1 aromatic heterocycles. The van der Waals surface area contributed by atoms with Crippen molar-refractivity contribution in [1.29, 1.82) is 0 Å². The number of nitrogens with zero attached hydrogens (tertiary/aromatic N) is 1. The van der Waals surface area contributed by atoms with E-state index in [9.17, 15) is 37.1 Å². The van der Waals surface area contributed by atoms with Crippen molar-refractivity contribution in [3.05, 3.63) is 32.6 Å². The van der Waals surface area contributed by atoms with Crippen molar-refractivity contribution in [2.24, 2.45) is 0 Å². The number of aryl methyl sites for hydroxylation is 1. The van der Waals surface area contributed by atoms with E-state index in [1.807, 2.05) is 0 Å². The molecule has 1 fully saturated rings. The van der Waals surface area contributed by atoms with E-state index in [-0.39, 0.29) is 5.56 Å². The van der Waals surface area contributed by atoms with Gasteiger partial charge in [0, 0.05) is 32.2 Å². The number of halogens is 3. The molecule has 15 heteroatoms. The van der Waals surface area contributed by atoms with Gasteiger partial charge in [0.05, 0.1) is 6.61 Å². The van der Waals surface area contributed by atoms with Crippen LogP contribution in [0.25, 0.3) is 0 Å². The maximum atomic E-state index is 12.4. The Bertz CT molecular complexity index is 1000. The summed E-state index contributed by atoms with van der Waals surface area (Å²) in [5.74, 6) is -3.63. The molecule has 2 rings (SSSR count). The average molecular weight is 481 g/mol. The first-order valence-corrected chi connectivity index (χ1v) is 9.56. The third-order valence-corrected chi connectivity index (χ3v) is 4.41. The summed E-state index contributed by atoms with van der Waals surface area (Å²) in [5.41, 5.74) is -1.43. The van der Waals surface area contributed by atoms with Gasteiger partial charge in [-0.15, -0.1) is 0 Å². The van der Waals surface area contributed by atoms with Gasteiger partial charge in [-0.3, -0.25) is 28.7 Å². The molecule has 0 saturated carbocycles. The first-order valence-electron chi connectivity index (χ1n) is 9.56. The van der Waals surface area contributed by atoms with Crippen LogP contribution >= 0.6 is 0 Å². The number of H-pyrrole nitrogens is 1. The number of hydrogen-bond acceptors (Lipinski definition) is 9. The van der Waals surface area contributed by atoms with E-state index >= 15 is 0 Å². The summed E-state index contributed by atoms with van der Waals surface area (Å²) in [4.78, 5) is 59.9. The number of esters is 2. The molecule has 184 valence electrons. The van der Waals surface area contributed by atoms with Crippen LogP contribution in [0.4, 0.5) is 13.2 Å². The second-order valence-corrected chi connectivity index (χ2v) is 7.01. The summed E-state index contributed by atoms with van der Waals surface area (Å²) in [6, 6.07) is 0. The quantitative estimate of drug-likeness (QED) is 0.362. The van der Waals surface area contributed by atoms with Crippen molar-refractivity contribution in [1.82, 2.24) is 14.9 Å². The van der Waals surface area contributed by atoms with E-state index in [0.717, 1.165) is 24.6 Å². The smallest absolute Gasteiger partial charge is 0.463 e. The molecule has 0 unspecified atom stereocenters. The minimum atomic E-state index is -5.09. The highest BCUT2D eigenvalue weighted by atomic mass is 19.4. The van der Waals surface area contributed by atoms with Crippen LogP contribution in [-0.2, 0) is 33.3 Å². The van der Waals surface area contributed by atoms with E-state index < -0.39 is 79.6 Å². The number of aromatic nitrogens is 2. The van der Waals surface area contributed by atoms with Gasteiger partial charge in [0.2, 0.25) is 0 Å². The van der Waals surface area contributed by atoms with E-state index in [1.54, 1.807) is 5.32 Å². The molecule has 0 aromatic carbocycles. The van der Waals surface area contributed by atoms with E-state index in [2.05, 4.69) is 4.98 Å². The monoisotopic (exact) mass is 481 g/mol. The number of hydrogen-bond donors (Lipinski definition) is 2. The average Bonchev–Trinajstić information content (AvgIpc) is 3.02. The summed E-state index contributed by atoms with van der Waals surface area (Å²) in [6.07, 6.45) is -8.89. The maximum absolute atomic E-state index is 12.4. The Hall–Kier alpha value is -3.20. The lowest BCUT2D eigenvalue weighted by molar-refractivity contribution is -0.174. The minimum absolute atomic E-state index is 0.127. The zero-order valence-electron chi connectivity index (χ0n) is 17.8. The number of ether oxygens (including phenoxy) is 4. The Labute approximate surface area is 183 Å². The lowest BCUT2D eigenvalue weighted by Crippen LogP contribution is -2.44. The Balaban J connectivity index is 2.31. The van der Waals surface area contributed by atoms with Crippen LogP contribution in [0.3, 0.4) is 0 Å². The van der Waals surface area contributed by atoms with E-state index in [0.29, 0.717) is 0 Å². The van der Waals surface area contributed by atoms with Crippen LogP contribution in [-0.4, -0.2) is 71.6 Å². The normalized spacial score (nSPS) is 22.6. The molecule has 1 amide bonds. The molecule has 0 aliphatic carbocycles. The predicted octanol–water partition coefficient (Wildman–Crippen LogP) is -0.699. The van der Waals surface area contributed by atoms with Crippen LogP contribution < -0.4 is 16.6 Å². The van der Waals surface area contributed by atoms with Crippen molar-refractivity contribution >= 4 is 17.8 Å². The highest BCUT2D eigenvalue weighted by Gasteiger charge is 2.49. The molecule has 33 heavy (non-hydrogen) atoms. The zero-order chi connectivity index (χ0) is 24.9. The summed E-state index contributed by atoms with van der Waals surface area (Å²) in [5, 5.41) is 1.61. The maximum Gasteiger partial charge on any atom is 0.471 e. The van der Waals surface area contributed by atoms with Crippen LogP contribution in [0.15, 0.2) is 15.8 Å². The molecule has 1 aromatic rings. The van der Waals surface area contributed by atoms with Crippen molar-refractivity contribution in [2.75, 3.05) is 19.8 Å². The van der Waals surface area contributed by atoms with E-state index in [4.69, 9.17) is 18.9 Å². The van der Waals surface area contributed by atoms with Gasteiger partial charge < -0.3 is 24.3 Å². The van der Waals surface area contributed by atoms with Gasteiger partial charge in [0.25, 0.3) is 5.56 Å². The molecule has 4 atom stereocenters. The molecular formula is C18H22F3N3O9. The predicted molar refractivity (Wildman–Crippen MR) is 101 cm³/mol. The van der Waals surface area contributed by atoms with Crippen LogP contribution in [0.2, 0.25) is 0 Å². The van der Waals surface area contributed by atoms with Crippen LogP contribution in [0.1, 0.15) is 25.6 Å². The molecule has 1 aliphatic rings. The molecule has 1 saturated heterocycles. The number of amides is 1. The summed E-state index contributed by atoms with van der Waals surface area (Å²) < 4.78 is 59.3. The summed E-state index contributed by atoms with van der Waals surface area (Å²) in [7, 11) is 0. The topological polar surface area (TPSA) is 155 Å². The highest BCUT2D eigenvalue weighted by molar-refractivity contribution is 5.81. The van der Waals surface area contributed by atoms with Gasteiger partial charge in [0.15, 0.2) is 12.3 Å². The van der Waals surface area contributed by atoms with Gasteiger partial charge in [-0.1, -0.05) is 0 Å². The van der Waals surface area contributed by atoms with Gasteiger partial charge in [-0.2, -0.15) is 13.2 Å². The molecule has 0 bridgehead atoms. The number of rotatable bonds is 8. The highest BCUT2D eigenvalue weighted by Crippen LogP contribution is 2.33. The Kier molecular flexibility index (Phi) is 8.38. The number of carbonyl (C=O) groups is 3. The zero-order valence-corrected chi connectivity index (χ0v) is 17.8. The fraction of sp³-hybridized carbons (Fsp3) is 0.611. The first kappa shape index (κ1) is 26.1. The lowest BCUT2D eigenvalue weighted by atomic mass is 10.1. The first-order chi connectivity index (χ1) is 15.3. The summed E-state index contributed by atoms with van der Waals surface area (Å²) in [6.45, 7) is 2.16. The van der Waals surface area contributed by atoms with Crippen LogP contribution in [0.5, 0.6) is 0 Å². The standard InChI is InChI=1S/C18H22F3N3O9/c1-8-6-24(17(29)23-14(8)27)15-13(30-5-4-22-16(28)18(19,20)21)12(32-10(3)26)11(33-15)7-31-9(2)25/h6,11-13,15H,4-5,7H2,1-3H3,(H,22,28)(H,23,27,29)/t11-,12-,13-,15-/m1/s1. The number of nitrogens with one attached hydrogen (secondary N) is 2. The molecule has 1 aliphatic heterocycles. The number of alkyl halides is 3. The molecule has 2 N–H and O–H groups in total. The molecule has 0 radical (unpaired) electrons. The van der Waals surface area contributed by atoms with Crippen molar-refractivity contribution in [3.63, 3.8) is 0 Å². The fourth-order valence-electron chi connectivity index (χ4n) is 3.01. The van der Waals surface area contributed by atoms with Gasteiger partial charge in [-0.25, -0.2) is 4.79 Å². The van der Waals surface area contributed by atoms with Crippen molar-refractivity contribution < 1.29 is 46.5 Å². The fourth-order valence-corrected chi connectivity index (χ4v) is 3.01. The second kappa shape index (κ2) is 10.6. The number of aromatic amines is 1. The van der Waals surface area contributed by atoms with Gasteiger partial charge in [0.1, 0.15) is 18.8 Å². The van der Waals surface area contributed by atoms with E-state index in [1.165, 1.54) is 6.92 Å². The third kappa shape index (κ3) is 6.89. The molecule has 12 nitrogen and oxygen atoms in total. The van der Waals surface area contributed by atoms with Crippen molar-refractivity contribution in [3.8, 4) is 0 Å². The Morgan fingerprint density at radius 2 is 1.85 bits per heavy atom. The SMILES string of the molecule is CC(=O)OC[C@H]1O[C@@H](n2cc(C)c(=O)[nH]c2=O)[C@H](OCCNC(=O)C(F)(F)F)[C@@H]1OC(C)=O. The van der Waals surface area contributed by atoms with Crippen molar-refractivity contribution in [2.45, 2.75) is 51.5 Å². The molecule has 0 spiro atoms. The second-order valence-electron chi connectivity index (χ2n) is 7.01. The Morgan fingerprint density at radius 3 is 2.42 bits per heavy atom. The molecule has 2 heterocycles. The third-order valence-electron chi connectivity index (χ3n) is 4.41. The van der Waals surface area contributed by atoms with Gasteiger partial charge >= 0.3 is 29.7 Å². The van der Waals surface area contributed by atoms with Crippen LogP contribution in [0, 0.1) is 6.92 Å². The Morgan fingerprint density at radius 1 is 1.18 bits per heavy atom. The minimum Gasteiger partial charge on any atom is -0.463 e. The lowest BCUT2D eigenvalue weighted by Gasteiger charge is -2.25. The largest absolute Gasteiger partial charge is 0.471 e. The van der Waals surface area contributed by atoms with Gasteiger partial charge in [-0.05, 0) is 6.92 Å².